The Morgan fingerprint density at radius 2 is 0.830 bits per heavy atom. The van der Waals surface area contributed by atoms with Crippen molar-refractivity contribution in [3.05, 3.63) is 176 Å². The Morgan fingerprint density at radius 3 is 1.58 bits per heavy atom. The molecule has 13 aromatic rings. The van der Waals surface area contributed by atoms with E-state index >= 15 is 0 Å². The molecule has 4 heterocycles. The van der Waals surface area contributed by atoms with Crippen LogP contribution in [0.5, 0.6) is 0 Å². The average molecular weight is 672 g/mol. The van der Waals surface area contributed by atoms with Gasteiger partial charge in [-0.3, -0.25) is 0 Å². The number of rotatable bonds is 3. The van der Waals surface area contributed by atoms with Crippen molar-refractivity contribution in [2.75, 3.05) is 4.90 Å². The van der Waals surface area contributed by atoms with Crippen LogP contribution >= 0.6 is 0 Å². The zero-order valence-electron chi connectivity index (χ0n) is 28.6. The van der Waals surface area contributed by atoms with E-state index in [1.54, 1.807) is 0 Å². The lowest BCUT2D eigenvalue weighted by atomic mass is 9.97. The lowest BCUT2D eigenvalue weighted by Gasteiger charge is -2.26. The van der Waals surface area contributed by atoms with Gasteiger partial charge in [-0.15, -0.1) is 0 Å². The van der Waals surface area contributed by atoms with Gasteiger partial charge in [0.25, 0.3) is 0 Å². The molecule has 3 nitrogen and oxygen atoms in total. The first-order valence-corrected chi connectivity index (χ1v) is 18.4. The van der Waals surface area contributed by atoms with E-state index in [2.05, 4.69) is 190 Å². The van der Waals surface area contributed by atoms with Crippen LogP contribution in [0.2, 0.25) is 0 Å². The summed E-state index contributed by atoms with van der Waals surface area (Å²) in [6, 6.07) is 64.8. The Hall–Kier alpha value is -7.10. The lowest BCUT2D eigenvalue weighted by molar-refractivity contribution is 1.27. The molecule has 0 amide bonds. The normalized spacial score (nSPS) is 12.5. The summed E-state index contributed by atoms with van der Waals surface area (Å²) in [4.78, 5) is 2.41. The highest BCUT2D eigenvalue weighted by Gasteiger charge is 2.27. The molecule has 13 rings (SSSR count). The van der Waals surface area contributed by atoms with Crippen molar-refractivity contribution < 1.29 is 0 Å². The Labute approximate surface area is 303 Å². The Balaban J connectivity index is 1.26. The minimum Gasteiger partial charge on any atom is -0.308 e. The van der Waals surface area contributed by atoms with Gasteiger partial charge in [0.1, 0.15) is 0 Å². The first-order valence-electron chi connectivity index (χ1n) is 18.4. The van der Waals surface area contributed by atoms with Crippen LogP contribution < -0.4 is 4.90 Å². The first kappa shape index (κ1) is 27.6. The van der Waals surface area contributed by atoms with Crippen molar-refractivity contribution in [3.8, 4) is 0 Å². The second-order valence-corrected chi connectivity index (χ2v) is 14.5. The number of anilines is 3. The van der Waals surface area contributed by atoms with E-state index in [9.17, 15) is 0 Å². The molecule has 0 saturated carbocycles. The molecule has 0 aliphatic rings. The second-order valence-electron chi connectivity index (χ2n) is 14.5. The standard InChI is InChI=1S/C50H29N3/c1-3-15-32(16-4-1)51(33-17-5-2-6-18-33)43-24-12-22-37-36-21-11-23-38-45-41(52(48(36)38)49(37)43)27-28-42-46(45)40-29-31-14-8-9-19-34(31)44-39-26-25-30-13-7-10-20-35(30)47(39)53(42)50(40)44/h1-29H. The SMILES string of the molecule is c1ccc(N(c2ccccc2)c2cccc3c4cccc5c6c7c8cc9ccccc9c9c%10ccc%11ccccc%11c%10n(c7ccc6n(c23)c45)c89)cc1. The topological polar surface area (TPSA) is 12.1 Å². The molecule has 0 radical (unpaired) electrons. The molecular formula is C50H29N3. The zero-order chi connectivity index (χ0) is 34.4. The largest absolute Gasteiger partial charge is 0.308 e. The number of nitrogens with zero attached hydrogens (tertiary/aromatic N) is 3. The number of aromatic nitrogens is 2. The van der Waals surface area contributed by atoms with Crippen LogP contribution in [0.15, 0.2) is 176 Å². The van der Waals surface area contributed by atoms with Crippen LogP contribution in [0.1, 0.15) is 0 Å². The third kappa shape index (κ3) is 3.36. The van der Waals surface area contributed by atoms with E-state index in [-0.39, 0.29) is 0 Å². The Morgan fingerprint density at radius 1 is 0.302 bits per heavy atom. The number of benzene rings is 9. The number of fused-ring (bicyclic) bond motifs is 17. The molecule has 0 spiro atoms. The molecule has 244 valence electrons. The van der Waals surface area contributed by atoms with Gasteiger partial charge >= 0.3 is 0 Å². The van der Waals surface area contributed by atoms with Crippen LogP contribution in [0.3, 0.4) is 0 Å². The predicted molar refractivity (Wildman–Crippen MR) is 225 cm³/mol. The Bertz CT molecular complexity index is 3570. The fourth-order valence-electron chi connectivity index (χ4n) is 9.88. The maximum Gasteiger partial charge on any atom is 0.0782 e. The van der Waals surface area contributed by atoms with Crippen LogP contribution in [0.25, 0.3) is 97.7 Å². The third-order valence-electron chi connectivity index (χ3n) is 11.9. The summed E-state index contributed by atoms with van der Waals surface area (Å²) in [6.07, 6.45) is 0. The molecule has 3 heteroatoms. The molecule has 0 unspecified atom stereocenters. The summed E-state index contributed by atoms with van der Waals surface area (Å²) in [5, 5.41) is 15.6. The van der Waals surface area contributed by atoms with E-state index < -0.39 is 0 Å². The minimum atomic E-state index is 1.13. The zero-order valence-corrected chi connectivity index (χ0v) is 28.6. The van der Waals surface area contributed by atoms with Gasteiger partial charge in [-0.25, -0.2) is 0 Å². The molecule has 0 fully saturated rings. The van der Waals surface area contributed by atoms with Gasteiger partial charge in [-0.05, 0) is 64.7 Å². The molecule has 0 N–H and O–H groups in total. The predicted octanol–water partition coefficient (Wildman–Crippen LogP) is 13.8. The maximum absolute atomic E-state index is 2.58. The van der Waals surface area contributed by atoms with E-state index in [0.29, 0.717) is 0 Å². The van der Waals surface area contributed by atoms with Crippen molar-refractivity contribution >= 4 is 115 Å². The number of para-hydroxylation sites is 4. The smallest absolute Gasteiger partial charge is 0.0782 e. The summed E-state index contributed by atoms with van der Waals surface area (Å²) in [5.41, 5.74) is 11.0. The summed E-state index contributed by atoms with van der Waals surface area (Å²) < 4.78 is 5.14. The highest BCUT2D eigenvalue weighted by Crippen LogP contribution is 2.51. The van der Waals surface area contributed by atoms with Crippen molar-refractivity contribution in [1.82, 2.24) is 8.80 Å². The third-order valence-corrected chi connectivity index (χ3v) is 11.9. The minimum absolute atomic E-state index is 1.13. The number of hydrogen-bond donors (Lipinski definition) is 0. The highest BCUT2D eigenvalue weighted by molar-refractivity contribution is 6.39. The molecular weight excluding hydrogens is 643 g/mol. The van der Waals surface area contributed by atoms with Gasteiger partial charge < -0.3 is 13.7 Å². The fourth-order valence-corrected chi connectivity index (χ4v) is 9.88. The average Bonchev–Trinajstić information content (AvgIpc) is 3.95. The van der Waals surface area contributed by atoms with Crippen LogP contribution in [0, 0.1) is 0 Å². The van der Waals surface area contributed by atoms with Crippen molar-refractivity contribution in [2.24, 2.45) is 0 Å². The van der Waals surface area contributed by atoms with Crippen molar-refractivity contribution in [2.45, 2.75) is 0 Å². The van der Waals surface area contributed by atoms with Gasteiger partial charge in [-0.1, -0.05) is 127 Å². The first-order chi connectivity index (χ1) is 26.3. The van der Waals surface area contributed by atoms with E-state index in [1.807, 2.05) is 0 Å². The lowest BCUT2D eigenvalue weighted by Crippen LogP contribution is -2.10. The van der Waals surface area contributed by atoms with E-state index in [0.717, 1.165) is 17.1 Å². The quantitative estimate of drug-likeness (QED) is 0.182. The van der Waals surface area contributed by atoms with Gasteiger partial charge in [0.05, 0.1) is 38.8 Å². The van der Waals surface area contributed by atoms with Crippen LogP contribution in [-0.4, -0.2) is 8.80 Å². The summed E-state index contributed by atoms with van der Waals surface area (Å²) >= 11 is 0. The van der Waals surface area contributed by atoms with Gasteiger partial charge in [0.15, 0.2) is 0 Å². The summed E-state index contributed by atoms with van der Waals surface area (Å²) in [6.45, 7) is 0. The van der Waals surface area contributed by atoms with Crippen LogP contribution in [-0.2, 0) is 0 Å². The fraction of sp³-hybridized carbons (Fsp3) is 0. The molecule has 4 aromatic heterocycles. The number of hydrogen-bond acceptors (Lipinski definition) is 1. The van der Waals surface area contributed by atoms with E-state index in [4.69, 9.17) is 0 Å². The maximum atomic E-state index is 2.58. The molecule has 0 saturated heterocycles. The Kier molecular flexibility index (Phi) is 5.11. The monoisotopic (exact) mass is 671 g/mol. The molecule has 0 aliphatic carbocycles. The molecule has 53 heavy (non-hydrogen) atoms. The van der Waals surface area contributed by atoms with E-state index in [1.165, 1.54) is 97.7 Å². The van der Waals surface area contributed by atoms with Crippen molar-refractivity contribution in [3.63, 3.8) is 0 Å². The summed E-state index contributed by atoms with van der Waals surface area (Å²) in [7, 11) is 0. The molecule has 9 aromatic carbocycles. The van der Waals surface area contributed by atoms with Gasteiger partial charge in [0, 0.05) is 59.9 Å². The molecule has 0 aliphatic heterocycles. The van der Waals surface area contributed by atoms with Gasteiger partial charge in [-0.2, -0.15) is 0 Å². The summed E-state index contributed by atoms with van der Waals surface area (Å²) in [5.74, 6) is 0. The van der Waals surface area contributed by atoms with Crippen molar-refractivity contribution in [1.29, 1.82) is 0 Å². The highest BCUT2D eigenvalue weighted by atomic mass is 15.2. The molecule has 0 atom stereocenters. The van der Waals surface area contributed by atoms with Crippen LogP contribution in [0.4, 0.5) is 17.1 Å². The van der Waals surface area contributed by atoms with Gasteiger partial charge in [0.2, 0.25) is 0 Å². The second kappa shape index (κ2) is 9.81. The molecule has 0 bridgehead atoms.